The molecule has 5 N–H and O–H groups in total. The molecule has 5 heteroatoms. The van der Waals surface area contributed by atoms with Gasteiger partial charge in [0, 0.05) is 0 Å². The fourth-order valence-electron chi connectivity index (χ4n) is 0.581. The summed E-state index contributed by atoms with van der Waals surface area (Å²) in [6.07, 6.45) is 0. The number of hydrogen-bond acceptors (Lipinski definition) is 2. The molecule has 0 aliphatic carbocycles. The molecule has 0 aliphatic heterocycles. The Bertz CT molecular complexity index is 283. The van der Waals surface area contributed by atoms with Gasteiger partial charge in [-0.1, -0.05) is 18.2 Å². The standard InChI is InChI=1S/C7H6O2.CH4N2S/c8-7(9)6-4-2-1-3-5-6;2-1(3)4/h1-5H,(H,8,9);(H4,2,3,4). The Morgan fingerprint density at radius 3 is 1.85 bits per heavy atom. The first-order valence-corrected chi connectivity index (χ1v) is 3.78. The molecule has 0 unspecified atom stereocenters. The van der Waals surface area contributed by atoms with Crippen LogP contribution in [0, 0.1) is 0 Å². The Hall–Kier alpha value is -1.62. The number of carboxylic acid groups (broad SMARTS) is 1. The van der Waals surface area contributed by atoms with Crippen molar-refractivity contribution in [3.63, 3.8) is 0 Å². The highest BCUT2D eigenvalue weighted by Gasteiger charge is 1.96. The van der Waals surface area contributed by atoms with E-state index in [1.165, 1.54) is 0 Å². The zero-order chi connectivity index (χ0) is 10.3. The smallest absolute Gasteiger partial charge is 0.335 e. The first-order valence-electron chi connectivity index (χ1n) is 3.37. The fraction of sp³-hybridized carbons (Fsp3) is 0. The van der Waals surface area contributed by atoms with Crippen LogP contribution in [0.1, 0.15) is 10.4 Å². The minimum absolute atomic E-state index is 0.000000000000000222. The molecule has 0 aliphatic rings. The predicted molar refractivity (Wildman–Crippen MR) is 54.4 cm³/mol. The van der Waals surface area contributed by atoms with Crippen molar-refractivity contribution in [1.29, 1.82) is 0 Å². The van der Waals surface area contributed by atoms with Crippen LogP contribution in [0.5, 0.6) is 0 Å². The normalized spacial score (nSPS) is 8.00. The molecule has 1 rings (SSSR count). The summed E-state index contributed by atoms with van der Waals surface area (Å²) in [4.78, 5) is 10.2. The second-order valence-corrected chi connectivity index (χ2v) is 2.54. The number of benzene rings is 1. The third kappa shape index (κ3) is 6.77. The van der Waals surface area contributed by atoms with Gasteiger partial charge in [-0.05, 0) is 24.4 Å². The number of carboxylic acids is 1. The van der Waals surface area contributed by atoms with Crippen LogP contribution in [0.3, 0.4) is 0 Å². The van der Waals surface area contributed by atoms with Gasteiger partial charge in [0.2, 0.25) is 0 Å². The Kier molecular flexibility index (Phi) is 5.22. The number of thiocarbonyl (C=S) groups is 1. The van der Waals surface area contributed by atoms with E-state index in [0.717, 1.165) is 0 Å². The quantitative estimate of drug-likeness (QED) is 0.574. The minimum Gasteiger partial charge on any atom is -0.478 e. The number of hydrogen-bond donors (Lipinski definition) is 3. The van der Waals surface area contributed by atoms with Gasteiger partial charge in [-0.3, -0.25) is 0 Å². The minimum atomic E-state index is -0.879. The van der Waals surface area contributed by atoms with E-state index in [4.69, 9.17) is 5.11 Å². The second kappa shape index (κ2) is 5.96. The van der Waals surface area contributed by atoms with E-state index in [9.17, 15) is 4.79 Å². The molecule has 1 aromatic carbocycles. The van der Waals surface area contributed by atoms with E-state index in [1.807, 2.05) is 0 Å². The van der Waals surface area contributed by atoms with Gasteiger partial charge in [-0.2, -0.15) is 0 Å². The largest absolute Gasteiger partial charge is 0.478 e. The molecule has 0 fully saturated rings. The van der Waals surface area contributed by atoms with Gasteiger partial charge in [0.05, 0.1) is 5.56 Å². The first kappa shape index (κ1) is 11.4. The second-order valence-electron chi connectivity index (χ2n) is 2.07. The summed E-state index contributed by atoms with van der Waals surface area (Å²) in [5, 5.41) is 8.38. The maximum Gasteiger partial charge on any atom is 0.335 e. The van der Waals surface area contributed by atoms with Crippen molar-refractivity contribution in [3.8, 4) is 0 Å². The van der Waals surface area contributed by atoms with Crippen molar-refractivity contribution in [2.24, 2.45) is 11.5 Å². The van der Waals surface area contributed by atoms with Gasteiger partial charge < -0.3 is 16.6 Å². The third-order valence-corrected chi connectivity index (χ3v) is 1.02. The SMILES string of the molecule is NC(N)=S.O=C(O)c1ccccc1. The highest BCUT2D eigenvalue weighted by Crippen LogP contribution is 1.96. The van der Waals surface area contributed by atoms with E-state index >= 15 is 0 Å². The van der Waals surface area contributed by atoms with E-state index in [1.54, 1.807) is 30.3 Å². The van der Waals surface area contributed by atoms with Crippen molar-refractivity contribution in [3.05, 3.63) is 35.9 Å². The number of rotatable bonds is 1. The van der Waals surface area contributed by atoms with Crippen LogP contribution < -0.4 is 11.5 Å². The van der Waals surface area contributed by atoms with Crippen LogP contribution in [0.2, 0.25) is 0 Å². The maximum atomic E-state index is 10.2. The van der Waals surface area contributed by atoms with E-state index in [2.05, 4.69) is 23.7 Å². The number of nitrogens with two attached hydrogens (primary N) is 2. The lowest BCUT2D eigenvalue weighted by molar-refractivity contribution is 0.0697. The van der Waals surface area contributed by atoms with Crippen molar-refractivity contribution < 1.29 is 9.90 Å². The average molecular weight is 198 g/mol. The molecule has 0 amide bonds. The molecule has 0 saturated carbocycles. The molecule has 0 heterocycles. The van der Waals surface area contributed by atoms with Gasteiger partial charge in [-0.15, -0.1) is 0 Å². The van der Waals surface area contributed by atoms with Gasteiger partial charge in [-0.25, -0.2) is 4.79 Å². The molecule has 0 bridgehead atoms. The molecular weight excluding hydrogens is 188 g/mol. The lowest BCUT2D eigenvalue weighted by Gasteiger charge is -1.88. The Morgan fingerprint density at radius 2 is 1.62 bits per heavy atom. The Labute approximate surface area is 81.2 Å². The molecule has 0 atom stereocenters. The summed E-state index contributed by atoms with van der Waals surface area (Å²) < 4.78 is 0. The molecule has 1 aromatic rings. The lowest BCUT2D eigenvalue weighted by Crippen LogP contribution is -2.18. The van der Waals surface area contributed by atoms with Crippen molar-refractivity contribution >= 4 is 23.3 Å². The molecule has 0 aromatic heterocycles. The third-order valence-electron chi connectivity index (χ3n) is 1.02. The van der Waals surface area contributed by atoms with E-state index < -0.39 is 5.97 Å². The summed E-state index contributed by atoms with van der Waals surface area (Å²) in [6.45, 7) is 0. The molecular formula is C8H10N2O2S. The summed E-state index contributed by atoms with van der Waals surface area (Å²) in [5.41, 5.74) is 9.57. The molecule has 4 nitrogen and oxygen atoms in total. The fourth-order valence-corrected chi connectivity index (χ4v) is 0.581. The van der Waals surface area contributed by atoms with Gasteiger partial charge in [0.15, 0.2) is 5.11 Å². The number of aromatic carboxylic acids is 1. The monoisotopic (exact) mass is 198 g/mol. The van der Waals surface area contributed by atoms with Gasteiger partial charge in [0.1, 0.15) is 0 Å². The lowest BCUT2D eigenvalue weighted by atomic mass is 10.2. The summed E-state index contributed by atoms with van der Waals surface area (Å²) in [5.74, 6) is -0.879. The topological polar surface area (TPSA) is 89.3 Å². The summed E-state index contributed by atoms with van der Waals surface area (Å²) in [7, 11) is 0. The first-order chi connectivity index (χ1) is 6.04. The predicted octanol–water partition coefficient (Wildman–Crippen LogP) is 0.573. The van der Waals surface area contributed by atoms with Crippen LogP contribution >= 0.6 is 12.2 Å². The summed E-state index contributed by atoms with van der Waals surface area (Å²) >= 11 is 4.09. The Morgan fingerprint density at radius 1 is 1.23 bits per heavy atom. The molecule has 70 valence electrons. The van der Waals surface area contributed by atoms with Crippen molar-refractivity contribution in [2.75, 3.05) is 0 Å². The highest BCUT2D eigenvalue weighted by molar-refractivity contribution is 7.80. The average Bonchev–Trinajstić information content (AvgIpc) is 2.05. The van der Waals surface area contributed by atoms with E-state index in [0.29, 0.717) is 5.56 Å². The summed E-state index contributed by atoms with van der Waals surface area (Å²) in [6, 6.07) is 8.30. The zero-order valence-electron chi connectivity index (χ0n) is 6.81. The van der Waals surface area contributed by atoms with Crippen LogP contribution in [0.15, 0.2) is 30.3 Å². The van der Waals surface area contributed by atoms with Crippen molar-refractivity contribution in [2.45, 2.75) is 0 Å². The van der Waals surface area contributed by atoms with Gasteiger partial charge >= 0.3 is 5.97 Å². The van der Waals surface area contributed by atoms with Crippen LogP contribution in [0.4, 0.5) is 0 Å². The Balaban J connectivity index is 0.000000310. The molecule has 13 heavy (non-hydrogen) atoms. The zero-order valence-corrected chi connectivity index (χ0v) is 7.62. The van der Waals surface area contributed by atoms with Gasteiger partial charge in [0.25, 0.3) is 0 Å². The van der Waals surface area contributed by atoms with Crippen molar-refractivity contribution in [1.82, 2.24) is 0 Å². The number of carbonyl (C=O) groups is 1. The van der Waals surface area contributed by atoms with Crippen LogP contribution in [-0.4, -0.2) is 16.2 Å². The van der Waals surface area contributed by atoms with E-state index in [-0.39, 0.29) is 5.11 Å². The highest BCUT2D eigenvalue weighted by atomic mass is 32.1. The van der Waals surface area contributed by atoms with Crippen LogP contribution in [-0.2, 0) is 0 Å². The molecule has 0 spiro atoms. The maximum absolute atomic E-state index is 10.2. The molecule has 0 saturated heterocycles. The van der Waals surface area contributed by atoms with Crippen LogP contribution in [0.25, 0.3) is 0 Å². The molecule has 0 radical (unpaired) electrons.